The van der Waals surface area contributed by atoms with E-state index in [1.807, 2.05) is 40.6 Å². The Morgan fingerprint density at radius 2 is 1.67 bits per heavy atom. The summed E-state index contributed by atoms with van der Waals surface area (Å²) >= 11 is 1.50. The predicted octanol–water partition coefficient (Wildman–Crippen LogP) is 1.88. The molecule has 2 N–H and O–H groups in total. The molecule has 1 fully saturated rings. The summed E-state index contributed by atoms with van der Waals surface area (Å²) < 4.78 is 10.8. The average molecular weight is 436 g/mol. The van der Waals surface area contributed by atoms with Crippen LogP contribution in [0.1, 0.15) is 15.2 Å². The number of carbonyl (C=O) groups is 3. The summed E-state index contributed by atoms with van der Waals surface area (Å²) in [6.45, 7) is 4.02. The molecule has 0 unspecified atom stereocenters. The Balaban J connectivity index is 0.000000469. The number of hydrogen-bond acceptors (Lipinski definition) is 7. The maximum Gasteiger partial charge on any atom is 0.414 e. The summed E-state index contributed by atoms with van der Waals surface area (Å²) in [6.07, 6.45) is 0. The number of hydrogen-bond donors (Lipinski definition) is 2. The van der Waals surface area contributed by atoms with Crippen LogP contribution in [0.4, 0.5) is 0 Å². The van der Waals surface area contributed by atoms with Crippen molar-refractivity contribution in [3.63, 3.8) is 0 Å². The summed E-state index contributed by atoms with van der Waals surface area (Å²) in [4.78, 5) is 35.7. The molecular formula is C20H24N2O7S. The van der Waals surface area contributed by atoms with Gasteiger partial charge in [0.05, 0.1) is 19.1 Å². The standard InChI is InChI=1S/C18H22N2O3S.C2H2O4/c1-22-15-5-6-16(23-2)14(12-15)13-19-7-9-20(10-8-19)18(21)17-4-3-11-24-17;3-1(4)2(5)6/h3-6,11-12H,7-10,13H2,1-2H3;(H,3,4)(H,5,6). The van der Waals surface area contributed by atoms with Crippen LogP contribution in [0.5, 0.6) is 11.5 Å². The minimum Gasteiger partial charge on any atom is -0.497 e. The number of thiophene rings is 1. The SMILES string of the molecule is COc1ccc(OC)c(CN2CCN(C(=O)c3cccs3)CC2)c1.O=C(O)C(=O)O. The maximum atomic E-state index is 12.4. The number of aliphatic carboxylic acids is 2. The number of rotatable bonds is 5. The molecule has 2 aromatic rings. The van der Waals surface area contributed by atoms with Crippen molar-refractivity contribution in [2.24, 2.45) is 0 Å². The number of nitrogens with zero attached hydrogens (tertiary/aromatic N) is 2. The van der Waals surface area contributed by atoms with E-state index in [1.165, 1.54) is 11.3 Å². The Bertz CT molecular complexity index is 850. The summed E-state index contributed by atoms with van der Waals surface area (Å²) in [5.41, 5.74) is 1.11. The summed E-state index contributed by atoms with van der Waals surface area (Å²) in [5.74, 6) is -1.81. The molecule has 0 saturated carbocycles. The smallest absolute Gasteiger partial charge is 0.414 e. The Kier molecular flexibility index (Phi) is 8.63. The van der Waals surface area contributed by atoms with Gasteiger partial charge >= 0.3 is 11.9 Å². The molecule has 1 aliphatic heterocycles. The molecule has 1 saturated heterocycles. The van der Waals surface area contributed by atoms with Gasteiger partial charge in [-0.1, -0.05) is 6.07 Å². The molecule has 1 aromatic heterocycles. The average Bonchev–Trinajstić information content (AvgIpc) is 3.29. The number of methoxy groups -OCH3 is 2. The first kappa shape index (κ1) is 23.2. The van der Waals surface area contributed by atoms with E-state index in [0.29, 0.717) is 0 Å². The number of carbonyl (C=O) groups excluding carboxylic acids is 1. The van der Waals surface area contributed by atoms with Crippen LogP contribution in [-0.4, -0.2) is 78.3 Å². The first-order valence-electron chi connectivity index (χ1n) is 9.08. The quantitative estimate of drug-likeness (QED) is 0.683. The second-order valence-corrected chi connectivity index (χ2v) is 7.28. The van der Waals surface area contributed by atoms with Gasteiger partial charge in [0, 0.05) is 38.3 Å². The maximum absolute atomic E-state index is 12.4. The van der Waals surface area contributed by atoms with Crippen molar-refractivity contribution in [3.05, 3.63) is 46.2 Å². The van der Waals surface area contributed by atoms with Gasteiger partial charge in [-0.25, -0.2) is 9.59 Å². The third kappa shape index (κ3) is 6.46. The molecule has 0 radical (unpaired) electrons. The zero-order chi connectivity index (χ0) is 22.1. The zero-order valence-electron chi connectivity index (χ0n) is 16.7. The normalized spacial score (nSPS) is 13.7. The molecule has 0 spiro atoms. The molecule has 162 valence electrons. The third-order valence-electron chi connectivity index (χ3n) is 4.46. The minimum absolute atomic E-state index is 0.142. The molecule has 0 bridgehead atoms. The number of piperazine rings is 1. The van der Waals surface area contributed by atoms with E-state index in [0.717, 1.165) is 54.7 Å². The van der Waals surface area contributed by atoms with E-state index >= 15 is 0 Å². The number of carboxylic acid groups (broad SMARTS) is 2. The van der Waals surface area contributed by atoms with E-state index in [2.05, 4.69) is 4.90 Å². The lowest BCUT2D eigenvalue weighted by molar-refractivity contribution is -0.159. The summed E-state index contributed by atoms with van der Waals surface area (Å²) in [6, 6.07) is 9.66. The first-order chi connectivity index (χ1) is 14.3. The lowest BCUT2D eigenvalue weighted by Gasteiger charge is -2.34. The number of ether oxygens (including phenoxy) is 2. The van der Waals surface area contributed by atoms with Crippen LogP contribution in [0.2, 0.25) is 0 Å². The second kappa shape index (κ2) is 11.2. The van der Waals surface area contributed by atoms with Crippen molar-refractivity contribution < 1.29 is 34.1 Å². The molecule has 10 heteroatoms. The van der Waals surface area contributed by atoms with Crippen molar-refractivity contribution >= 4 is 29.2 Å². The zero-order valence-corrected chi connectivity index (χ0v) is 17.6. The molecule has 1 amide bonds. The van der Waals surface area contributed by atoms with Gasteiger partial charge < -0.3 is 24.6 Å². The number of amides is 1. The van der Waals surface area contributed by atoms with Crippen LogP contribution in [-0.2, 0) is 16.1 Å². The largest absolute Gasteiger partial charge is 0.497 e. The van der Waals surface area contributed by atoms with Gasteiger partial charge in [-0.05, 0) is 29.6 Å². The van der Waals surface area contributed by atoms with E-state index < -0.39 is 11.9 Å². The molecule has 0 atom stereocenters. The Morgan fingerprint density at radius 1 is 1.00 bits per heavy atom. The third-order valence-corrected chi connectivity index (χ3v) is 5.31. The van der Waals surface area contributed by atoms with Crippen LogP contribution in [0.25, 0.3) is 0 Å². The van der Waals surface area contributed by atoms with Gasteiger partial charge in [-0.3, -0.25) is 9.69 Å². The van der Waals surface area contributed by atoms with Gasteiger partial charge in [0.25, 0.3) is 5.91 Å². The van der Waals surface area contributed by atoms with Crippen molar-refractivity contribution in [1.82, 2.24) is 9.80 Å². The van der Waals surface area contributed by atoms with Crippen LogP contribution >= 0.6 is 11.3 Å². The van der Waals surface area contributed by atoms with Gasteiger partial charge in [-0.2, -0.15) is 0 Å². The highest BCUT2D eigenvalue weighted by Gasteiger charge is 2.23. The highest BCUT2D eigenvalue weighted by Crippen LogP contribution is 2.25. The number of benzene rings is 1. The van der Waals surface area contributed by atoms with Crippen LogP contribution in [0, 0.1) is 0 Å². The topological polar surface area (TPSA) is 117 Å². The molecule has 1 aromatic carbocycles. The lowest BCUT2D eigenvalue weighted by Crippen LogP contribution is -2.48. The van der Waals surface area contributed by atoms with Crippen LogP contribution in [0.15, 0.2) is 35.7 Å². The van der Waals surface area contributed by atoms with E-state index in [1.54, 1.807) is 14.2 Å². The van der Waals surface area contributed by atoms with Crippen molar-refractivity contribution in [3.8, 4) is 11.5 Å². The Morgan fingerprint density at radius 3 is 2.17 bits per heavy atom. The predicted molar refractivity (Wildman–Crippen MR) is 110 cm³/mol. The molecular weight excluding hydrogens is 412 g/mol. The Labute approximate surface area is 178 Å². The lowest BCUT2D eigenvalue weighted by atomic mass is 10.1. The van der Waals surface area contributed by atoms with Gasteiger partial charge in [-0.15, -0.1) is 11.3 Å². The molecule has 2 heterocycles. The first-order valence-corrected chi connectivity index (χ1v) is 9.96. The molecule has 0 aliphatic carbocycles. The van der Waals surface area contributed by atoms with E-state index in [4.69, 9.17) is 29.3 Å². The number of carboxylic acids is 2. The fraction of sp³-hybridized carbons (Fsp3) is 0.350. The fourth-order valence-corrected chi connectivity index (χ4v) is 3.60. The van der Waals surface area contributed by atoms with E-state index in [9.17, 15) is 4.79 Å². The van der Waals surface area contributed by atoms with Crippen molar-refractivity contribution in [2.45, 2.75) is 6.54 Å². The minimum atomic E-state index is -1.82. The van der Waals surface area contributed by atoms with Crippen LogP contribution in [0.3, 0.4) is 0 Å². The van der Waals surface area contributed by atoms with Gasteiger partial charge in [0.15, 0.2) is 0 Å². The van der Waals surface area contributed by atoms with Crippen molar-refractivity contribution in [1.29, 1.82) is 0 Å². The monoisotopic (exact) mass is 436 g/mol. The highest BCUT2D eigenvalue weighted by atomic mass is 32.1. The molecule has 30 heavy (non-hydrogen) atoms. The molecule has 9 nitrogen and oxygen atoms in total. The van der Waals surface area contributed by atoms with E-state index in [-0.39, 0.29) is 5.91 Å². The highest BCUT2D eigenvalue weighted by molar-refractivity contribution is 7.12. The van der Waals surface area contributed by atoms with Crippen molar-refractivity contribution in [2.75, 3.05) is 40.4 Å². The van der Waals surface area contributed by atoms with Gasteiger partial charge in [0.2, 0.25) is 0 Å². The summed E-state index contributed by atoms with van der Waals surface area (Å²) in [5, 5.41) is 16.7. The Hall–Kier alpha value is -3.11. The summed E-state index contributed by atoms with van der Waals surface area (Å²) in [7, 11) is 3.35. The molecule has 1 aliphatic rings. The fourth-order valence-electron chi connectivity index (χ4n) is 2.91. The molecule has 3 rings (SSSR count). The van der Waals surface area contributed by atoms with Crippen LogP contribution < -0.4 is 9.47 Å². The second-order valence-electron chi connectivity index (χ2n) is 6.33. The van der Waals surface area contributed by atoms with Gasteiger partial charge in [0.1, 0.15) is 11.5 Å².